The molecule has 0 saturated carbocycles. The molecule has 1 saturated heterocycles. The monoisotopic (exact) mass is 320 g/mol. The topological polar surface area (TPSA) is 88.1 Å². The van der Waals surface area contributed by atoms with Gasteiger partial charge in [0.05, 0.1) is 5.92 Å². The molecule has 0 spiro atoms. The summed E-state index contributed by atoms with van der Waals surface area (Å²) in [7, 11) is 0. The molecule has 1 fully saturated rings. The molecule has 7 nitrogen and oxygen atoms in total. The van der Waals surface area contributed by atoms with E-state index in [-0.39, 0.29) is 25.3 Å². The fourth-order valence-electron chi connectivity index (χ4n) is 3.11. The van der Waals surface area contributed by atoms with E-state index in [0.717, 1.165) is 5.56 Å². The van der Waals surface area contributed by atoms with E-state index in [1.165, 1.54) is 0 Å². The molecular weight excluding hydrogens is 300 g/mol. The number of piperidine rings is 1. The molecule has 7 heteroatoms. The van der Waals surface area contributed by atoms with Crippen LogP contribution in [0.1, 0.15) is 18.9 Å². The Morgan fingerprint density at radius 3 is 2.96 bits per heavy atom. The van der Waals surface area contributed by atoms with Crippen LogP contribution < -0.4 is 14.8 Å². The zero-order chi connectivity index (χ0) is 16.4. The van der Waals surface area contributed by atoms with E-state index in [4.69, 9.17) is 9.47 Å². The first-order valence-electron chi connectivity index (χ1n) is 7.67. The highest BCUT2D eigenvalue weighted by atomic mass is 16.7. The van der Waals surface area contributed by atoms with Gasteiger partial charge in [0.2, 0.25) is 6.79 Å². The van der Waals surface area contributed by atoms with Crippen LogP contribution in [0, 0.1) is 11.8 Å². The van der Waals surface area contributed by atoms with Gasteiger partial charge < -0.3 is 24.8 Å². The molecule has 2 aliphatic heterocycles. The highest BCUT2D eigenvalue weighted by Gasteiger charge is 2.32. The molecular formula is C16H20N2O5. The van der Waals surface area contributed by atoms with E-state index in [1.807, 2.05) is 25.1 Å². The average Bonchev–Trinajstić information content (AvgIpc) is 3.01. The van der Waals surface area contributed by atoms with Gasteiger partial charge in [-0.15, -0.1) is 0 Å². The van der Waals surface area contributed by atoms with E-state index in [9.17, 15) is 14.7 Å². The third-order valence-corrected chi connectivity index (χ3v) is 4.20. The Balaban J connectivity index is 1.61. The van der Waals surface area contributed by atoms with Crippen molar-refractivity contribution in [1.29, 1.82) is 0 Å². The van der Waals surface area contributed by atoms with E-state index in [0.29, 0.717) is 31.0 Å². The number of likely N-dealkylation sites (tertiary alicyclic amines) is 1. The Labute approximate surface area is 134 Å². The lowest BCUT2D eigenvalue weighted by Gasteiger charge is -2.34. The minimum absolute atomic E-state index is 0.174. The molecule has 1 aromatic carbocycles. The number of rotatable bonds is 3. The number of carbonyl (C=O) groups excluding carboxylic acids is 1. The van der Waals surface area contributed by atoms with Crippen LogP contribution in [0.25, 0.3) is 0 Å². The molecule has 0 aliphatic carbocycles. The van der Waals surface area contributed by atoms with Gasteiger partial charge in [-0.2, -0.15) is 0 Å². The third kappa shape index (κ3) is 3.33. The third-order valence-electron chi connectivity index (χ3n) is 4.20. The van der Waals surface area contributed by atoms with Gasteiger partial charge in [-0.25, -0.2) is 4.79 Å². The number of urea groups is 1. The number of aliphatic carboxylic acids is 1. The second-order valence-corrected chi connectivity index (χ2v) is 6.09. The smallest absolute Gasteiger partial charge is 0.317 e. The molecule has 2 aliphatic rings. The number of amides is 2. The van der Waals surface area contributed by atoms with Crippen LogP contribution in [0.4, 0.5) is 4.79 Å². The van der Waals surface area contributed by atoms with Gasteiger partial charge in [0.25, 0.3) is 0 Å². The number of carbonyl (C=O) groups is 2. The molecule has 2 N–H and O–H groups in total. The van der Waals surface area contributed by atoms with Gasteiger partial charge in [0.1, 0.15) is 0 Å². The summed E-state index contributed by atoms with van der Waals surface area (Å²) < 4.78 is 10.7. The predicted octanol–water partition coefficient (Wildman–Crippen LogP) is 1.67. The molecule has 0 radical (unpaired) electrons. The molecule has 124 valence electrons. The number of ether oxygens (including phenoxy) is 2. The molecule has 1 aromatic rings. The zero-order valence-electron chi connectivity index (χ0n) is 12.9. The minimum atomic E-state index is -0.847. The fraction of sp³-hybridized carbons (Fsp3) is 0.500. The quantitative estimate of drug-likeness (QED) is 0.884. The van der Waals surface area contributed by atoms with E-state index in [2.05, 4.69) is 5.32 Å². The Hall–Kier alpha value is -2.44. The molecule has 0 aromatic heterocycles. The van der Waals surface area contributed by atoms with Gasteiger partial charge in [0.15, 0.2) is 11.5 Å². The van der Waals surface area contributed by atoms with Crippen LogP contribution in [0.3, 0.4) is 0 Å². The molecule has 2 atom stereocenters. The summed E-state index contributed by atoms with van der Waals surface area (Å²) in [6.07, 6.45) is 0.608. The maximum absolute atomic E-state index is 12.3. The van der Waals surface area contributed by atoms with Crippen molar-refractivity contribution in [3.63, 3.8) is 0 Å². The second kappa shape index (κ2) is 6.36. The van der Waals surface area contributed by atoms with Crippen LogP contribution in [-0.4, -0.2) is 41.9 Å². The van der Waals surface area contributed by atoms with Crippen molar-refractivity contribution < 1.29 is 24.2 Å². The Morgan fingerprint density at radius 1 is 1.35 bits per heavy atom. The lowest BCUT2D eigenvalue weighted by atomic mass is 9.91. The lowest BCUT2D eigenvalue weighted by Crippen LogP contribution is -2.49. The molecule has 2 unspecified atom stereocenters. The minimum Gasteiger partial charge on any atom is -0.481 e. The average molecular weight is 320 g/mol. The van der Waals surface area contributed by atoms with Gasteiger partial charge in [-0.05, 0) is 18.4 Å². The van der Waals surface area contributed by atoms with Crippen molar-refractivity contribution in [3.05, 3.63) is 23.8 Å². The van der Waals surface area contributed by atoms with Gasteiger partial charge in [-0.3, -0.25) is 4.79 Å². The van der Waals surface area contributed by atoms with Crippen LogP contribution in [-0.2, 0) is 11.3 Å². The number of carboxylic acids is 1. The first-order chi connectivity index (χ1) is 11.0. The highest BCUT2D eigenvalue weighted by molar-refractivity contribution is 5.76. The SMILES string of the molecule is CC1CC(C(=O)O)CN(C(=O)NCc2cccc3c2OCO3)C1. The number of nitrogens with one attached hydrogen (secondary N) is 1. The maximum atomic E-state index is 12.3. The van der Waals surface area contributed by atoms with Gasteiger partial charge in [-0.1, -0.05) is 19.1 Å². The molecule has 2 heterocycles. The first kappa shape index (κ1) is 15.5. The largest absolute Gasteiger partial charge is 0.481 e. The van der Waals surface area contributed by atoms with Crippen molar-refractivity contribution in [1.82, 2.24) is 10.2 Å². The first-order valence-corrected chi connectivity index (χ1v) is 7.67. The van der Waals surface area contributed by atoms with Crippen molar-refractivity contribution in [2.24, 2.45) is 11.8 Å². The summed E-state index contributed by atoms with van der Waals surface area (Å²) >= 11 is 0. The Kier molecular flexibility index (Phi) is 4.27. The number of hydrogen-bond donors (Lipinski definition) is 2. The number of para-hydroxylation sites is 1. The van der Waals surface area contributed by atoms with Crippen molar-refractivity contribution >= 4 is 12.0 Å². The van der Waals surface area contributed by atoms with Crippen molar-refractivity contribution in [2.45, 2.75) is 19.9 Å². The summed E-state index contributed by atoms with van der Waals surface area (Å²) in [5.41, 5.74) is 0.841. The molecule has 23 heavy (non-hydrogen) atoms. The maximum Gasteiger partial charge on any atom is 0.317 e. The number of hydrogen-bond acceptors (Lipinski definition) is 4. The standard InChI is InChI=1S/C16H20N2O5/c1-10-5-12(15(19)20)8-18(7-10)16(21)17-6-11-3-2-4-13-14(11)23-9-22-13/h2-4,10,12H,5-9H2,1H3,(H,17,21)(H,19,20). The number of carboxylic acid groups (broad SMARTS) is 1. The number of fused-ring (bicyclic) bond motifs is 1. The summed E-state index contributed by atoms with van der Waals surface area (Å²) in [5.74, 6) is 0.161. The van der Waals surface area contributed by atoms with Crippen molar-refractivity contribution in [2.75, 3.05) is 19.9 Å². The van der Waals surface area contributed by atoms with E-state index in [1.54, 1.807) is 4.90 Å². The summed E-state index contributed by atoms with van der Waals surface area (Å²) in [6, 6.07) is 5.28. The fourth-order valence-corrected chi connectivity index (χ4v) is 3.11. The number of nitrogens with zero attached hydrogens (tertiary/aromatic N) is 1. The number of benzene rings is 1. The van der Waals surface area contributed by atoms with Crippen LogP contribution in [0.2, 0.25) is 0 Å². The van der Waals surface area contributed by atoms with Crippen LogP contribution in [0.5, 0.6) is 11.5 Å². The summed E-state index contributed by atoms with van der Waals surface area (Å²) in [5, 5.41) is 12.0. The van der Waals surface area contributed by atoms with Crippen molar-refractivity contribution in [3.8, 4) is 11.5 Å². The molecule has 0 bridgehead atoms. The van der Waals surface area contributed by atoms with Crippen LogP contribution >= 0.6 is 0 Å². The van der Waals surface area contributed by atoms with Gasteiger partial charge >= 0.3 is 12.0 Å². The normalized spacial score (nSPS) is 22.7. The van der Waals surface area contributed by atoms with E-state index >= 15 is 0 Å². The van der Waals surface area contributed by atoms with Crippen LogP contribution in [0.15, 0.2) is 18.2 Å². The Bertz CT molecular complexity index is 618. The Morgan fingerprint density at radius 2 is 2.17 bits per heavy atom. The van der Waals surface area contributed by atoms with E-state index < -0.39 is 11.9 Å². The van der Waals surface area contributed by atoms with Gasteiger partial charge in [0, 0.05) is 25.2 Å². The predicted molar refractivity (Wildman–Crippen MR) is 81.3 cm³/mol. The second-order valence-electron chi connectivity index (χ2n) is 6.09. The molecule has 2 amide bonds. The molecule has 3 rings (SSSR count). The zero-order valence-corrected chi connectivity index (χ0v) is 12.9. The highest BCUT2D eigenvalue weighted by Crippen LogP contribution is 2.35. The summed E-state index contributed by atoms with van der Waals surface area (Å²) in [6.45, 7) is 3.28. The summed E-state index contributed by atoms with van der Waals surface area (Å²) in [4.78, 5) is 25.1. The lowest BCUT2D eigenvalue weighted by molar-refractivity contribution is -0.143.